The number of hydrogen-bond acceptors (Lipinski definition) is 3. The van der Waals surface area contributed by atoms with Gasteiger partial charge in [-0.05, 0) is 0 Å². The maximum atomic E-state index is 4.92. The Bertz CT molecular complexity index is 978. The molecule has 120 valence electrons. The summed E-state index contributed by atoms with van der Waals surface area (Å²) in [5.41, 5.74) is 4.17. The van der Waals surface area contributed by atoms with Crippen molar-refractivity contribution in [2.24, 2.45) is 4.99 Å². The van der Waals surface area contributed by atoms with Crippen LogP contribution < -0.4 is 0 Å². The van der Waals surface area contributed by atoms with Crippen LogP contribution in [-0.2, 0) is 0 Å². The average molecular weight is 388 g/mol. The standard InChI is InChI=1S/C21H15N3Se/c1-3-8-16(9-4-1)20-19(15-23-18-11-5-2-6-12-18)25-21(24-20)17-10-7-13-22-14-17/h1-15H. The summed E-state index contributed by atoms with van der Waals surface area (Å²) in [4.78, 5) is 13.8. The number of para-hydroxylation sites is 1. The Morgan fingerprint density at radius 1 is 0.800 bits per heavy atom. The molecule has 2 aromatic carbocycles. The van der Waals surface area contributed by atoms with E-state index in [0.29, 0.717) is 0 Å². The molecule has 2 heterocycles. The van der Waals surface area contributed by atoms with Gasteiger partial charge in [0, 0.05) is 0 Å². The molecule has 0 fully saturated rings. The predicted molar refractivity (Wildman–Crippen MR) is 104 cm³/mol. The fraction of sp³-hybridized carbons (Fsp3) is 0. The first-order valence-corrected chi connectivity index (χ1v) is 9.67. The van der Waals surface area contributed by atoms with Crippen molar-refractivity contribution in [2.75, 3.05) is 0 Å². The molecule has 0 aliphatic carbocycles. The van der Waals surface area contributed by atoms with Gasteiger partial charge in [0.05, 0.1) is 0 Å². The van der Waals surface area contributed by atoms with Gasteiger partial charge < -0.3 is 0 Å². The molecule has 4 rings (SSSR count). The van der Waals surface area contributed by atoms with Crippen LogP contribution in [0.4, 0.5) is 5.69 Å². The fourth-order valence-electron chi connectivity index (χ4n) is 2.48. The van der Waals surface area contributed by atoms with Crippen molar-refractivity contribution >= 4 is 26.4 Å². The number of aromatic nitrogens is 2. The third kappa shape index (κ3) is 3.66. The Balaban J connectivity index is 1.78. The Morgan fingerprint density at radius 3 is 2.24 bits per heavy atom. The van der Waals surface area contributed by atoms with Crippen LogP contribution in [0.2, 0.25) is 0 Å². The topological polar surface area (TPSA) is 38.1 Å². The van der Waals surface area contributed by atoms with Crippen molar-refractivity contribution in [3.63, 3.8) is 0 Å². The van der Waals surface area contributed by atoms with Crippen LogP contribution in [0.1, 0.15) is 4.44 Å². The summed E-state index contributed by atoms with van der Waals surface area (Å²) in [7, 11) is 0. The van der Waals surface area contributed by atoms with Gasteiger partial charge in [0.25, 0.3) is 0 Å². The molecule has 0 aliphatic rings. The normalized spacial score (nSPS) is 11.0. The Hall–Kier alpha value is -2.81. The van der Waals surface area contributed by atoms with E-state index in [1.165, 1.54) is 4.44 Å². The van der Waals surface area contributed by atoms with Crippen molar-refractivity contribution in [3.05, 3.63) is 89.6 Å². The third-order valence-electron chi connectivity index (χ3n) is 3.70. The molecule has 0 atom stereocenters. The summed E-state index contributed by atoms with van der Waals surface area (Å²) in [6.07, 6.45) is 5.63. The van der Waals surface area contributed by atoms with Crippen LogP contribution in [0.25, 0.3) is 21.4 Å². The molecule has 0 radical (unpaired) electrons. The monoisotopic (exact) mass is 389 g/mol. The summed E-state index contributed by atoms with van der Waals surface area (Å²) in [5.74, 6) is 0. The molecule has 4 heteroatoms. The van der Waals surface area contributed by atoms with Gasteiger partial charge in [-0.2, -0.15) is 0 Å². The van der Waals surface area contributed by atoms with Gasteiger partial charge >= 0.3 is 152 Å². The molecule has 0 aliphatic heterocycles. The Morgan fingerprint density at radius 2 is 1.52 bits per heavy atom. The predicted octanol–water partition coefficient (Wildman–Crippen LogP) is 4.62. The SMILES string of the molecule is C(=Nc1ccccc1)c1[se]c(-c2cccnc2)nc1-c1ccccc1. The van der Waals surface area contributed by atoms with Gasteiger partial charge in [0.1, 0.15) is 0 Å². The summed E-state index contributed by atoms with van der Waals surface area (Å²) in [6.45, 7) is 0. The van der Waals surface area contributed by atoms with Crippen molar-refractivity contribution in [1.29, 1.82) is 0 Å². The second-order valence-electron chi connectivity index (χ2n) is 5.43. The molecule has 0 amide bonds. The van der Waals surface area contributed by atoms with E-state index in [1.807, 2.05) is 67.0 Å². The second-order valence-corrected chi connectivity index (χ2v) is 7.60. The Labute approximate surface area is 152 Å². The number of aliphatic imine (C=N–C) groups is 1. The summed E-state index contributed by atoms with van der Waals surface area (Å²) in [5, 5.41) is 0. The van der Waals surface area contributed by atoms with Gasteiger partial charge in [-0.15, -0.1) is 0 Å². The number of nitrogens with zero attached hydrogens (tertiary/aromatic N) is 3. The van der Waals surface area contributed by atoms with E-state index in [2.05, 4.69) is 28.2 Å². The van der Waals surface area contributed by atoms with E-state index in [4.69, 9.17) is 4.98 Å². The van der Waals surface area contributed by atoms with E-state index in [9.17, 15) is 0 Å². The first-order chi connectivity index (χ1) is 12.4. The zero-order valence-electron chi connectivity index (χ0n) is 13.4. The van der Waals surface area contributed by atoms with E-state index in [1.54, 1.807) is 6.20 Å². The number of benzene rings is 2. The quantitative estimate of drug-likeness (QED) is 0.378. The van der Waals surface area contributed by atoms with Crippen molar-refractivity contribution in [3.8, 4) is 21.4 Å². The van der Waals surface area contributed by atoms with Crippen LogP contribution >= 0.6 is 0 Å². The summed E-state index contributed by atoms with van der Waals surface area (Å²) >= 11 is 0.104. The third-order valence-corrected chi connectivity index (χ3v) is 5.88. The van der Waals surface area contributed by atoms with E-state index in [-0.39, 0.29) is 14.5 Å². The summed E-state index contributed by atoms with van der Waals surface area (Å²) < 4.78 is 2.27. The van der Waals surface area contributed by atoms with Crippen molar-refractivity contribution < 1.29 is 0 Å². The molecule has 0 saturated carbocycles. The van der Waals surface area contributed by atoms with Crippen LogP contribution in [0.3, 0.4) is 0 Å². The van der Waals surface area contributed by atoms with Crippen molar-refractivity contribution in [1.82, 2.24) is 9.97 Å². The van der Waals surface area contributed by atoms with Gasteiger partial charge in [0.2, 0.25) is 0 Å². The zero-order valence-corrected chi connectivity index (χ0v) is 15.1. The minimum absolute atomic E-state index is 0.104. The minimum atomic E-state index is 0.104. The van der Waals surface area contributed by atoms with Gasteiger partial charge in [-0.25, -0.2) is 0 Å². The molecule has 0 unspecified atom stereocenters. The van der Waals surface area contributed by atoms with Gasteiger partial charge in [0.15, 0.2) is 0 Å². The first kappa shape index (κ1) is 15.7. The second kappa shape index (κ2) is 7.39. The number of pyridine rings is 1. The average Bonchev–Trinajstić information content (AvgIpc) is 3.13. The van der Waals surface area contributed by atoms with Gasteiger partial charge in [-0.1, -0.05) is 0 Å². The maximum absolute atomic E-state index is 4.92. The molecule has 2 aromatic heterocycles. The molecule has 3 nitrogen and oxygen atoms in total. The Kier molecular flexibility index (Phi) is 4.64. The van der Waals surface area contributed by atoms with Crippen LogP contribution in [0.5, 0.6) is 0 Å². The fourth-order valence-corrected chi connectivity index (χ4v) is 4.47. The molecular weight excluding hydrogens is 373 g/mol. The number of rotatable bonds is 4. The molecule has 4 aromatic rings. The number of hydrogen-bond donors (Lipinski definition) is 0. The van der Waals surface area contributed by atoms with Crippen molar-refractivity contribution in [2.45, 2.75) is 0 Å². The van der Waals surface area contributed by atoms with Crippen LogP contribution in [-0.4, -0.2) is 30.7 Å². The van der Waals surface area contributed by atoms with E-state index < -0.39 is 0 Å². The molecule has 25 heavy (non-hydrogen) atoms. The molecular formula is C21H15N3Se. The zero-order chi connectivity index (χ0) is 16.9. The van der Waals surface area contributed by atoms with E-state index >= 15 is 0 Å². The molecule has 0 N–H and O–H groups in total. The van der Waals surface area contributed by atoms with Crippen LogP contribution in [0.15, 0.2) is 90.2 Å². The molecule has 0 spiro atoms. The molecule has 0 saturated heterocycles. The molecule has 0 bridgehead atoms. The summed E-state index contributed by atoms with van der Waals surface area (Å²) in [6, 6.07) is 24.3. The van der Waals surface area contributed by atoms with E-state index in [0.717, 1.165) is 27.1 Å². The van der Waals surface area contributed by atoms with Gasteiger partial charge in [-0.3, -0.25) is 0 Å². The van der Waals surface area contributed by atoms with Crippen LogP contribution in [0, 0.1) is 0 Å². The first-order valence-electron chi connectivity index (χ1n) is 7.96.